The molecule has 1 aromatic carbocycles. The van der Waals surface area contributed by atoms with Crippen LogP contribution in [0.4, 0.5) is 0 Å². The number of rotatable bonds is 4. The Bertz CT molecular complexity index is 665. The highest BCUT2D eigenvalue weighted by molar-refractivity contribution is 7.89. The molecule has 1 aliphatic rings. The van der Waals surface area contributed by atoms with Crippen LogP contribution in [0.25, 0.3) is 0 Å². The fourth-order valence-electron chi connectivity index (χ4n) is 2.51. The molecular weight excluding hydrogens is 345 g/mol. The molecule has 0 radical (unpaired) electrons. The van der Waals surface area contributed by atoms with Crippen molar-refractivity contribution in [2.45, 2.75) is 42.5 Å². The van der Waals surface area contributed by atoms with Crippen molar-refractivity contribution in [3.8, 4) is 6.07 Å². The molecule has 0 unspecified atom stereocenters. The Kier molecular flexibility index (Phi) is 6.65. The third-order valence-electron chi connectivity index (χ3n) is 3.83. The van der Waals surface area contributed by atoms with E-state index in [0.717, 1.165) is 32.1 Å². The van der Waals surface area contributed by atoms with Crippen LogP contribution < -0.4 is 10.5 Å². The van der Waals surface area contributed by atoms with Gasteiger partial charge in [-0.3, -0.25) is 0 Å². The molecule has 122 valence electrons. The summed E-state index contributed by atoms with van der Waals surface area (Å²) in [5.74, 6) is 0. The summed E-state index contributed by atoms with van der Waals surface area (Å²) in [5, 5.41) is 8.93. The van der Waals surface area contributed by atoms with E-state index >= 15 is 0 Å². The Morgan fingerprint density at radius 3 is 2.50 bits per heavy atom. The first-order valence-corrected chi connectivity index (χ1v) is 8.71. The summed E-state index contributed by atoms with van der Waals surface area (Å²) in [7, 11) is -3.67. The van der Waals surface area contributed by atoms with Gasteiger partial charge in [0.2, 0.25) is 10.0 Å². The van der Waals surface area contributed by atoms with Crippen molar-refractivity contribution >= 4 is 34.0 Å². The number of nitrogens with zero attached hydrogens (tertiary/aromatic N) is 1. The van der Waals surface area contributed by atoms with Gasteiger partial charge in [0, 0.05) is 12.1 Å². The van der Waals surface area contributed by atoms with Crippen molar-refractivity contribution in [3.63, 3.8) is 0 Å². The van der Waals surface area contributed by atoms with Gasteiger partial charge in [-0.15, -0.1) is 12.4 Å². The molecule has 0 spiro atoms. The van der Waals surface area contributed by atoms with E-state index in [2.05, 4.69) is 4.72 Å². The molecule has 0 aromatic heterocycles. The van der Waals surface area contributed by atoms with E-state index in [0.29, 0.717) is 0 Å². The van der Waals surface area contributed by atoms with Crippen LogP contribution in [-0.4, -0.2) is 20.5 Å². The smallest absolute Gasteiger partial charge is 0.240 e. The minimum absolute atomic E-state index is 0. The van der Waals surface area contributed by atoms with Gasteiger partial charge in [0.05, 0.1) is 15.5 Å². The van der Waals surface area contributed by atoms with E-state index in [4.69, 9.17) is 22.6 Å². The number of halogens is 2. The van der Waals surface area contributed by atoms with Gasteiger partial charge >= 0.3 is 0 Å². The van der Waals surface area contributed by atoms with Crippen LogP contribution >= 0.6 is 24.0 Å². The molecule has 0 bridgehead atoms. The van der Waals surface area contributed by atoms with Gasteiger partial charge in [0.25, 0.3) is 0 Å². The van der Waals surface area contributed by atoms with Crippen molar-refractivity contribution in [2.75, 3.05) is 6.54 Å². The predicted octanol–water partition coefficient (Wildman–Crippen LogP) is 2.57. The highest BCUT2D eigenvalue weighted by Gasteiger charge is 2.29. The van der Waals surface area contributed by atoms with E-state index in [-0.39, 0.29) is 34.4 Å². The third kappa shape index (κ3) is 4.58. The van der Waals surface area contributed by atoms with Gasteiger partial charge in [-0.1, -0.05) is 30.9 Å². The van der Waals surface area contributed by atoms with E-state index in [1.165, 1.54) is 18.2 Å². The first kappa shape index (κ1) is 19.2. The molecule has 5 nitrogen and oxygen atoms in total. The molecule has 2 rings (SSSR count). The number of nitrogens with one attached hydrogen (secondary N) is 1. The average Bonchev–Trinajstić information content (AvgIpc) is 2.46. The van der Waals surface area contributed by atoms with Gasteiger partial charge in [-0.25, -0.2) is 13.1 Å². The van der Waals surface area contributed by atoms with E-state index < -0.39 is 15.6 Å². The number of sulfonamides is 1. The SMILES string of the molecule is Cl.N#Cc1ccc(S(=O)(=O)NCC2(N)CCCCC2)cc1Cl. The summed E-state index contributed by atoms with van der Waals surface area (Å²) in [4.78, 5) is 0.0471. The molecule has 1 aliphatic carbocycles. The number of hydrogen-bond acceptors (Lipinski definition) is 4. The molecule has 1 saturated carbocycles. The molecule has 0 saturated heterocycles. The summed E-state index contributed by atoms with van der Waals surface area (Å²) in [6.45, 7) is 0.215. The van der Waals surface area contributed by atoms with E-state index in [1.807, 2.05) is 6.07 Å². The first-order chi connectivity index (χ1) is 9.86. The number of nitriles is 1. The first-order valence-electron chi connectivity index (χ1n) is 6.85. The molecule has 22 heavy (non-hydrogen) atoms. The Hall–Kier alpha value is -0.840. The minimum Gasteiger partial charge on any atom is -0.324 e. The fraction of sp³-hybridized carbons (Fsp3) is 0.500. The van der Waals surface area contributed by atoms with Gasteiger partial charge in [-0.05, 0) is 31.0 Å². The Labute approximate surface area is 142 Å². The van der Waals surface area contributed by atoms with Crippen LogP contribution in [-0.2, 0) is 10.0 Å². The van der Waals surface area contributed by atoms with Crippen molar-refractivity contribution in [1.82, 2.24) is 4.72 Å². The predicted molar refractivity (Wildman–Crippen MR) is 88.6 cm³/mol. The Morgan fingerprint density at radius 1 is 1.32 bits per heavy atom. The molecule has 0 atom stereocenters. The molecule has 0 aliphatic heterocycles. The van der Waals surface area contributed by atoms with Crippen LogP contribution in [0, 0.1) is 11.3 Å². The van der Waals surface area contributed by atoms with Crippen LogP contribution in [0.2, 0.25) is 5.02 Å². The summed E-state index contributed by atoms with van der Waals surface area (Å²) < 4.78 is 27.1. The van der Waals surface area contributed by atoms with E-state index in [9.17, 15) is 8.42 Å². The monoisotopic (exact) mass is 363 g/mol. The van der Waals surface area contributed by atoms with E-state index in [1.54, 1.807) is 0 Å². The highest BCUT2D eigenvalue weighted by atomic mass is 35.5. The second-order valence-electron chi connectivity index (χ2n) is 5.50. The third-order valence-corrected chi connectivity index (χ3v) is 5.55. The summed E-state index contributed by atoms with van der Waals surface area (Å²) in [5.41, 5.74) is 6.00. The summed E-state index contributed by atoms with van der Waals surface area (Å²) in [6, 6.07) is 5.95. The second kappa shape index (κ2) is 7.62. The number of benzene rings is 1. The molecule has 8 heteroatoms. The number of nitrogens with two attached hydrogens (primary N) is 1. The topological polar surface area (TPSA) is 96.0 Å². The van der Waals surface area contributed by atoms with Gasteiger partial charge in [0.15, 0.2) is 0 Å². The Morgan fingerprint density at radius 2 is 1.95 bits per heavy atom. The zero-order chi connectivity index (χ0) is 15.5. The fourth-order valence-corrected chi connectivity index (χ4v) is 3.96. The largest absolute Gasteiger partial charge is 0.324 e. The lowest BCUT2D eigenvalue weighted by Crippen LogP contribution is -2.51. The zero-order valence-corrected chi connectivity index (χ0v) is 14.4. The molecule has 0 heterocycles. The van der Waals surface area contributed by atoms with Crippen molar-refractivity contribution in [3.05, 3.63) is 28.8 Å². The normalized spacial score (nSPS) is 17.3. The maximum absolute atomic E-state index is 12.3. The molecular formula is C14H19Cl2N3O2S. The lowest BCUT2D eigenvalue weighted by Gasteiger charge is -2.33. The molecule has 0 amide bonds. The lowest BCUT2D eigenvalue weighted by atomic mass is 9.83. The van der Waals surface area contributed by atoms with Crippen LogP contribution in [0.3, 0.4) is 0 Å². The molecule has 3 N–H and O–H groups in total. The van der Waals surface area contributed by atoms with Crippen molar-refractivity contribution in [1.29, 1.82) is 5.26 Å². The average molecular weight is 364 g/mol. The lowest BCUT2D eigenvalue weighted by molar-refractivity contribution is 0.296. The minimum atomic E-state index is -3.67. The van der Waals surface area contributed by atoms with Crippen LogP contribution in [0.5, 0.6) is 0 Å². The zero-order valence-electron chi connectivity index (χ0n) is 12.0. The Balaban J connectivity index is 0.00000242. The summed E-state index contributed by atoms with van der Waals surface area (Å²) >= 11 is 5.87. The van der Waals surface area contributed by atoms with Crippen LogP contribution in [0.15, 0.2) is 23.1 Å². The molecule has 1 aromatic rings. The number of hydrogen-bond donors (Lipinski definition) is 2. The highest BCUT2D eigenvalue weighted by Crippen LogP contribution is 2.26. The van der Waals surface area contributed by atoms with Gasteiger partial charge in [0.1, 0.15) is 6.07 Å². The van der Waals surface area contributed by atoms with Crippen LogP contribution in [0.1, 0.15) is 37.7 Å². The quantitative estimate of drug-likeness (QED) is 0.858. The second-order valence-corrected chi connectivity index (χ2v) is 7.68. The van der Waals surface area contributed by atoms with Gasteiger partial charge in [-0.2, -0.15) is 5.26 Å². The maximum Gasteiger partial charge on any atom is 0.240 e. The van der Waals surface area contributed by atoms with Gasteiger partial charge < -0.3 is 5.73 Å². The maximum atomic E-state index is 12.3. The molecule has 1 fully saturated rings. The van der Waals surface area contributed by atoms with Crippen molar-refractivity contribution in [2.24, 2.45) is 5.73 Å². The van der Waals surface area contributed by atoms with Crippen molar-refractivity contribution < 1.29 is 8.42 Å². The standard InChI is InChI=1S/C14H18ClN3O2S.ClH/c15-13-8-12(5-4-11(13)9-16)21(19,20)18-10-14(17)6-2-1-3-7-14;/h4-5,8,18H,1-3,6-7,10,17H2;1H. The summed E-state index contributed by atoms with van der Waals surface area (Å²) in [6.07, 6.45) is 4.85.